The molecule has 2 aromatic rings. The van der Waals surface area contributed by atoms with Gasteiger partial charge in [0, 0.05) is 38.4 Å². The molecule has 2 aromatic carbocycles. The van der Waals surface area contributed by atoms with Crippen LogP contribution in [0.15, 0.2) is 42.5 Å². The first kappa shape index (κ1) is 22.1. The third-order valence-corrected chi connectivity index (χ3v) is 6.24. The Morgan fingerprint density at radius 3 is 2.28 bits per heavy atom. The van der Waals surface area contributed by atoms with Crippen molar-refractivity contribution in [3.63, 3.8) is 0 Å². The normalized spacial score (nSPS) is 19.5. The number of likely N-dealkylation sites (tertiary alicyclic amines) is 1. The first-order valence-electron chi connectivity index (χ1n) is 10.8. The first-order chi connectivity index (χ1) is 15.5. The van der Waals surface area contributed by atoms with Gasteiger partial charge < -0.3 is 14.4 Å². The number of ether oxygens (including phenoxy) is 2. The average Bonchev–Trinajstić information content (AvgIpc) is 3.11. The maximum Gasteiger partial charge on any atom is 0.247 e. The number of carbonyl (C=O) groups is 2. The van der Waals surface area contributed by atoms with E-state index >= 15 is 0 Å². The van der Waals surface area contributed by atoms with Crippen LogP contribution in [0.1, 0.15) is 12.0 Å². The Hall–Kier alpha value is -3.13. The van der Waals surface area contributed by atoms with Crippen molar-refractivity contribution >= 4 is 17.5 Å². The highest BCUT2D eigenvalue weighted by Gasteiger charge is 2.42. The van der Waals surface area contributed by atoms with Crippen LogP contribution in [0.2, 0.25) is 0 Å². The number of anilines is 1. The van der Waals surface area contributed by atoms with Crippen molar-refractivity contribution < 1.29 is 23.5 Å². The number of benzene rings is 2. The van der Waals surface area contributed by atoms with E-state index in [-0.39, 0.29) is 24.1 Å². The molecule has 8 heteroatoms. The van der Waals surface area contributed by atoms with Gasteiger partial charge in [0.05, 0.1) is 26.7 Å². The van der Waals surface area contributed by atoms with E-state index in [1.807, 2.05) is 18.2 Å². The summed E-state index contributed by atoms with van der Waals surface area (Å²) < 4.78 is 23.8. The van der Waals surface area contributed by atoms with Crippen molar-refractivity contribution in [2.45, 2.75) is 18.9 Å². The molecule has 2 amide bonds. The minimum atomic E-state index is -0.400. The third kappa shape index (κ3) is 4.55. The van der Waals surface area contributed by atoms with E-state index in [2.05, 4.69) is 9.80 Å². The number of nitrogens with zero attached hydrogens (tertiary/aromatic N) is 3. The van der Waals surface area contributed by atoms with Gasteiger partial charge in [-0.25, -0.2) is 4.39 Å². The fourth-order valence-electron chi connectivity index (χ4n) is 4.41. The molecule has 0 aliphatic carbocycles. The average molecular weight is 442 g/mol. The van der Waals surface area contributed by atoms with Gasteiger partial charge in [-0.2, -0.15) is 0 Å². The van der Waals surface area contributed by atoms with Crippen LogP contribution in [0.4, 0.5) is 10.1 Å². The molecule has 7 nitrogen and oxygen atoms in total. The SMILES string of the molecule is COc1ccc(CCN2C(=O)CC(N3CCN(c4ccc(F)cc4)CC3)C2=O)cc1OC. The lowest BCUT2D eigenvalue weighted by Crippen LogP contribution is -2.52. The Bertz CT molecular complexity index is 974. The fourth-order valence-corrected chi connectivity index (χ4v) is 4.41. The molecule has 0 N–H and O–H groups in total. The van der Waals surface area contributed by atoms with Crippen molar-refractivity contribution in [2.75, 3.05) is 51.8 Å². The van der Waals surface area contributed by atoms with E-state index in [0.717, 1.165) is 24.3 Å². The van der Waals surface area contributed by atoms with E-state index in [4.69, 9.17) is 9.47 Å². The minimum Gasteiger partial charge on any atom is -0.493 e. The highest BCUT2D eigenvalue weighted by Crippen LogP contribution is 2.28. The summed E-state index contributed by atoms with van der Waals surface area (Å²) in [5.41, 5.74) is 1.94. The van der Waals surface area contributed by atoms with Crippen LogP contribution < -0.4 is 14.4 Å². The highest BCUT2D eigenvalue weighted by molar-refractivity contribution is 6.05. The van der Waals surface area contributed by atoms with Gasteiger partial charge in [0.1, 0.15) is 5.82 Å². The Labute approximate surface area is 187 Å². The van der Waals surface area contributed by atoms with Crippen molar-refractivity contribution in [3.05, 3.63) is 53.8 Å². The van der Waals surface area contributed by atoms with Crippen LogP contribution in [-0.4, -0.2) is 74.6 Å². The van der Waals surface area contributed by atoms with E-state index in [1.54, 1.807) is 26.4 Å². The largest absolute Gasteiger partial charge is 0.493 e. The number of methoxy groups -OCH3 is 2. The number of imide groups is 1. The Balaban J connectivity index is 1.33. The summed E-state index contributed by atoms with van der Waals surface area (Å²) in [5.74, 6) is 0.771. The molecule has 2 heterocycles. The molecule has 2 saturated heterocycles. The summed E-state index contributed by atoms with van der Waals surface area (Å²) in [6.07, 6.45) is 0.782. The van der Waals surface area contributed by atoms with Gasteiger partial charge in [0.2, 0.25) is 11.8 Å². The second kappa shape index (κ2) is 9.56. The monoisotopic (exact) mass is 441 g/mol. The molecule has 0 bridgehead atoms. The third-order valence-electron chi connectivity index (χ3n) is 6.24. The van der Waals surface area contributed by atoms with Crippen LogP contribution in [0.25, 0.3) is 0 Å². The first-order valence-corrected chi connectivity index (χ1v) is 10.8. The molecular weight excluding hydrogens is 413 g/mol. The number of hydrogen-bond acceptors (Lipinski definition) is 6. The summed E-state index contributed by atoms with van der Waals surface area (Å²) in [5, 5.41) is 0. The number of piperazine rings is 1. The van der Waals surface area contributed by atoms with Gasteiger partial charge in [0.25, 0.3) is 0 Å². The molecule has 2 aliphatic rings. The number of hydrogen-bond donors (Lipinski definition) is 0. The molecule has 0 aromatic heterocycles. The molecule has 0 saturated carbocycles. The zero-order valence-corrected chi connectivity index (χ0v) is 18.4. The Morgan fingerprint density at radius 2 is 1.62 bits per heavy atom. The van der Waals surface area contributed by atoms with E-state index < -0.39 is 6.04 Å². The summed E-state index contributed by atoms with van der Waals surface area (Å²) in [6, 6.07) is 11.7. The smallest absolute Gasteiger partial charge is 0.247 e. The van der Waals surface area contributed by atoms with Gasteiger partial charge in [-0.05, 0) is 48.4 Å². The highest BCUT2D eigenvalue weighted by atomic mass is 19.1. The van der Waals surface area contributed by atoms with Crippen LogP contribution in [0.3, 0.4) is 0 Å². The second-order valence-corrected chi connectivity index (χ2v) is 8.04. The minimum absolute atomic E-state index is 0.120. The summed E-state index contributed by atoms with van der Waals surface area (Å²) in [7, 11) is 3.16. The van der Waals surface area contributed by atoms with Crippen molar-refractivity contribution in [3.8, 4) is 11.5 Å². The Kier molecular flexibility index (Phi) is 6.60. The van der Waals surface area contributed by atoms with Crippen molar-refractivity contribution in [2.24, 2.45) is 0 Å². The predicted molar refractivity (Wildman–Crippen MR) is 119 cm³/mol. The zero-order chi connectivity index (χ0) is 22.7. The van der Waals surface area contributed by atoms with Gasteiger partial charge in [0.15, 0.2) is 11.5 Å². The lowest BCUT2D eigenvalue weighted by molar-refractivity contribution is -0.139. The number of halogens is 1. The molecule has 0 spiro atoms. The summed E-state index contributed by atoms with van der Waals surface area (Å²) >= 11 is 0. The topological polar surface area (TPSA) is 62.3 Å². The van der Waals surface area contributed by atoms with E-state index in [0.29, 0.717) is 37.6 Å². The molecule has 2 fully saturated rings. The van der Waals surface area contributed by atoms with Crippen molar-refractivity contribution in [1.29, 1.82) is 0 Å². The quantitative estimate of drug-likeness (QED) is 0.615. The molecule has 4 rings (SSSR count). The number of carbonyl (C=O) groups excluding carboxylic acids is 2. The van der Waals surface area contributed by atoms with Crippen LogP contribution in [0, 0.1) is 5.82 Å². The lowest BCUT2D eigenvalue weighted by Gasteiger charge is -2.38. The molecule has 170 valence electrons. The van der Waals surface area contributed by atoms with Gasteiger partial charge in [-0.3, -0.25) is 19.4 Å². The Morgan fingerprint density at radius 1 is 0.938 bits per heavy atom. The summed E-state index contributed by atoms with van der Waals surface area (Å²) in [4.78, 5) is 31.2. The van der Waals surface area contributed by atoms with Gasteiger partial charge in [-0.1, -0.05) is 6.07 Å². The molecule has 1 atom stereocenters. The van der Waals surface area contributed by atoms with Gasteiger partial charge >= 0.3 is 0 Å². The number of amides is 2. The molecule has 0 radical (unpaired) electrons. The van der Waals surface area contributed by atoms with E-state index in [9.17, 15) is 14.0 Å². The maximum absolute atomic E-state index is 13.2. The zero-order valence-electron chi connectivity index (χ0n) is 18.4. The standard InChI is InChI=1S/C24H28FN3O4/c1-31-21-8-3-17(15-22(21)32-2)9-10-28-23(29)16-20(24(28)30)27-13-11-26(12-14-27)19-6-4-18(25)5-7-19/h3-8,15,20H,9-14,16H2,1-2H3. The molecule has 1 unspecified atom stereocenters. The fraction of sp³-hybridized carbons (Fsp3) is 0.417. The molecule has 2 aliphatic heterocycles. The van der Waals surface area contributed by atoms with Crippen LogP contribution >= 0.6 is 0 Å². The predicted octanol–water partition coefficient (Wildman–Crippen LogP) is 2.34. The lowest BCUT2D eigenvalue weighted by atomic mass is 10.1. The maximum atomic E-state index is 13.2. The van der Waals surface area contributed by atoms with Crippen molar-refractivity contribution in [1.82, 2.24) is 9.80 Å². The number of rotatable bonds is 7. The molecular formula is C24H28FN3O4. The van der Waals surface area contributed by atoms with Gasteiger partial charge in [-0.15, -0.1) is 0 Å². The molecule has 32 heavy (non-hydrogen) atoms. The van der Waals surface area contributed by atoms with Crippen LogP contribution in [0.5, 0.6) is 11.5 Å². The van der Waals surface area contributed by atoms with E-state index in [1.165, 1.54) is 17.0 Å². The van der Waals surface area contributed by atoms with Crippen LogP contribution in [-0.2, 0) is 16.0 Å². The second-order valence-electron chi connectivity index (χ2n) is 8.04. The summed E-state index contributed by atoms with van der Waals surface area (Å²) in [6.45, 7) is 3.18.